The molecule has 3 heteroatoms. The van der Waals surface area contributed by atoms with Crippen molar-refractivity contribution in [2.75, 3.05) is 13.1 Å². The predicted molar refractivity (Wildman–Crippen MR) is 94.3 cm³/mol. The Kier molecular flexibility index (Phi) is 5.81. The summed E-state index contributed by atoms with van der Waals surface area (Å²) in [5, 5.41) is 15.9. The van der Waals surface area contributed by atoms with Crippen LogP contribution in [0.4, 0.5) is 0 Å². The van der Waals surface area contributed by atoms with Gasteiger partial charge in [0, 0.05) is 37.3 Å². The van der Waals surface area contributed by atoms with E-state index in [4.69, 9.17) is 0 Å². The Hall–Kier alpha value is -1.58. The SMILES string of the molecule is CC(C)N(CCNCc1c(O)ccc2ccccc12)C(C)C. The molecule has 2 N–H and O–H groups in total. The number of phenols is 1. The summed E-state index contributed by atoms with van der Waals surface area (Å²) in [5.74, 6) is 0.371. The van der Waals surface area contributed by atoms with Crippen LogP contribution in [0.2, 0.25) is 0 Å². The van der Waals surface area contributed by atoms with Gasteiger partial charge in [-0.15, -0.1) is 0 Å². The topological polar surface area (TPSA) is 35.5 Å². The zero-order valence-electron chi connectivity index (χ0n) is 14.1. The second-order valence-corrected chi connectivity index (χ2v) is 6.39. The summed E-state index contributed by atoms with van der Waals surface area (Å²) < 4.78 is 0. The van der Waals surface area contributed by atoms with E-state index >= 15 is 0 Å². The van der Waals surface area contributed by atoms with Gasteiger partial charge >= 0.3 is 0 Å². The minimum atomic E-state index is 0.371. The highest BCUT2D eigenvalue weighted by Crippen LogP contribution is 2.26. The molecule has 0 saturated carbocycles. The van der Waals surface area contributed by atoms with E-state index in [1.807, 2.05) is 18.2 Å². The van der Waals surface area contributed by atoms with E-state index in [2.05, 4.69) is 50.0 Å². The van der Waals surface area contributed by atoms with Gasteiger partial charge in [0.2, 0.25) is 0 Å². The molecule has 0 aliphatic rings. The van der Waals surface area contributed by atoms with E-state index in [0.29, 0.717) is 24.4 Å². The summed E-state index contributed by atoms with van der Waals surface area (Å²) in [6, 6.07) is 13.0. The fraction of sp³-hybridized carbons (Fsp3) is 0.474. The number of nitrogens with one attached hydrogen (secondary N) is 1. The third-order valence-corrected chi connectivity index (χ3v) is 4.19. The van der Waals surface area contributed by atoms with E-state index in [-0.39, 0.29) is 0 Å². The van der Waals surface area contributed by atoms with E-state index < -0.39 is 0 Å². The molecule has 0 aliphatic carbocycles. The molecule has 0 fully saturated rings. The van der Waals surface area contributed by atoms with Gasteiger partial charge in [0.05, 0.1) is 0 Å². The molecule has 0 atom stereocenters. The predicted octanol–water partition coefficient (Wildman–Crippen LogP) is 3.75. The Labute approximate surface area is 134 Å². The standard InChI is InChI=1S/C19H28N2O/c1-14(2)21(15(3)4)12-11-20-13-18-17-8-6-5-7-16(17)9-10-19(18)22/h5-10,14-15,20,22H,11-13H2,1-4H3. The van der Waals surface area contributed by atoms with Crippen LogP contribution in [-0.2, 0) is 6.54 Å². The van der Waals surface area contributed by atoms with Crippen molar-refractivity contribution in [1.29, 1.82) is 0 Å². The number of hydrogen-bond donors (Lipinski definition) is 2. The van der Waals surface area contributed by atoms with Crippen LogP contribution >= 0.6 is 0 Å². The first-order valence-electron chi connectivity index (χ1n) is 8.16. The lowest BCUT2D eigenvalue weighted by atomic mass is 10.0. The summed E-state index contributed by atoms with van der Waals surface area (Å²) >= 11 is 0. The third kappa shape index (κ3) is 3.99. The molecular formula is C19H28N2O. The van der Waals surface area contributed by atoms with E-state index in [1.165, 1.54) is 5.39 Å². The lowest BCUT2D eigenvalue weighted by molar-refractivity contribution is 0.176. The van der Waals surface area contributed by atoms with Crippen LogP contribution in [0.3, 0.4) is 0 Å². The molecule has 0 aromatic heterocycles. The molecule has 0 saturated heterocycles. The second kappa shape index (κ2) is 7.61. The van der Waals surface area contributed by atoms with Crippen LogP contribution in [0, 0.1) is 0 Å². The molecule has 0 spiro atoms. The first kappa shape index (κ1) is 16.8. The van der Waals surface area contributed by atoms with Gasteiger partial charge in [-0.1, -0.05) is 30.3 Å². The maximum absolute atomic E-state index is 10.1. The normalized spacial score (nSPS) is 12.0. The summed E-state index contributed by atoms with van der Waals surface area (Å²) in [6.07, 6.45) is 0. The van der Waals surface area contributed by atoms with E-state index in [1.54, 1.807) is 6.07 Å². The van der Waals surface area contributed by atoms with Crippen LogP contribution < -0.4 is 5.32 Å². The van der Waals surface area contributed by atoms with Gasteiger partial charge in [0.25, 0.3) is 0 Å². The number of hydrogen-bond acceptors (Lipinski definition) is 3. The number of benzene rings is 2. The number of fused-ring (bicyclic) bond motifs is 1. The summed E-state index contributed by atoms with van der Waals surface area (Å²) in [7, 11) is 0. The van der Waals surface area contributed by atoms with Crippen molar-refractivity contribution in [2.45, 2.75) is 46.3 Å². The molecule has 0 heterocycles. The maximum Gasteiger partial charge on any atom is 0.120 e. The minimum Gasteiger partial charge on any atom is -0.508 e. The number of nitrogens with zero attached hydrogens (tertiary/aromatic N) is 1. The molecule has 2 aromatic carbocycles. The lowest BCUT2D eigenvalue weighted by Crippen LogP contribution is -2.41. The number of aromatic hydroxyl groups is 1. The van der Waals surface area contributed by atoms with E-state index in [9.17, 15) is 5.11 Å². The molecule has 120 valence electrons. The molecule has 22 heavy (non-hydrogen) atoms. The van der Waals surface area contributed by atoms with Gasteiger partial charge < -0.3 is 10.4 Å². The van der Waals surface area contributed by atoms with Crippen molar-refractivity contribution < 1.29 is 5.11 Å². The quantitative estimate of drug-likeness (QED) is 0.764. The van der Waals surface area contributed by atoms with Gasteiger partial charge in [-0.25, -0.2) is 0 Å². The molecule has 3 nitrogen and oxygen atoms in total. The highest BCUT2D eigenvalue weighted by molar-refractivity contribution is 5.87. The summed E-state index contributed by atoms with van der Waals surface area (Å²) in [5.41, 5.74) is 0.985. The van der Waals surface area contributed by atoms with E-state index in [0.717, 1.165) is 24.0 Å². The highest BCUT2D eigenvalue weighted by Gasteiger charge is 2.12. The molecule has 2 rings (SSSR count). The van der Waals surface area contributed by atoms with Crippen molar-refractivity contribution in [1.82, 2.24) is 10.2 Å². The Morgan fingerprint density at radius 1 is 1.00 bits per heavy atom. The molecule has 0 bridgehead atoms. The molecular weight excluding hydrogens is 272 g/mol. The van der Waals surface area contributed by atoms with Crippen LogP contribution in [-0.4, -0.2) is 35.2 Å². The van der Waals surface area contributed by atoms with Crippen molar-refractivity contribution in [3.63, 3.8) is 0 Å². The summed E-state index contributed by atoms with van der Waals surface area (Å²) in [4.78, 5) is 2.47. The van der Waals surface area contributed by atoms with Crippen molar-refractivity contribution >= 4 is 10.8 Å². The fourth-order valence-corrected chi connectivity index (χ4v) is 3.04. The molecule has 0 amide bonds. The van der Waals surface area contributed by atoms with Crippen molar-refractivity contribution in [3.05, 3.63) is 42.0 Å². The maximum atomic E-state index is 10.1. The Balaban J connectivity index is 1.99. The highest BCUT2D eigenvalue weighted by atomic mass is 16.3. The first-order valence-corrected chi connectivity index (χ1v) is 8.16. The molecule has 2 aromatic rings. The lowest BCUT2D eigenvalue weighted by Gasteiger charge is -2.30. The second-order valence-electron chi connectivity index (χ2n) is 6.39. The zero-order chi connectivity index (χ0) is 16.1. The smallest absolute Gasteiger partial charge is 0.120 e. The molecule has 0 unspecified atom stereocenters. The fourth-order valence-electron chi connectivity index (χ4n) is 3.04. The monoisotopic (exact) mass is 300 g/mol. The average Bonchev–Trinajstić information content (AvgIpc) is 2.48. The Bertz CT molecular complexity index is 599. The third-order valence-electron chi connectivity index (χ3n) is 4.19. The van der Waals surface area contributed by atoms with Gasteiger partial charge in [-0.2, -0.15) is 0 Å². The van der Waals surface area contributed by atoms with Crippen LogP contribution in [0.1, 0.15) is 33.3 Å². The Morgan fingerprint density at radius 3 is 2.36 bits per heavy atom. The largest absolute Gasteiger partial charge is 0.508 e. The number of phenolic OH excluding ortho intramolecular Hbond substituents is 1. The zero-order valence-corrected chi connectivity index (χ0v) is 14.1. The van der Waals surface area contributed by atoms with Crippen molar-refractivity contribution in [2.24, 2.45) is 0 Å². The summed E-state index contributed by atoms with van der Waals surface area (Å²) in [6.45, 7) is 11.6. The minimum absolute atomic E-state index is 0.371. The van der Waals surface area contributed by atoms with Gasteiger partial charge in [-0.05, 0) is 44.5 Å². The molecule has 0 radical (unpaired) electrons. The van der Waals surface area contributed by atoms with Gasteiger partial charge in [-0.3, -0.25) is 4.90 Å². The van der Waals surface area contributed by atoms with Gasteiger partial charge in [0.15, 0.2) is 0 Å². The average molecular weight is 300 g/mol. The van der Waals surface area contributed by atoms with Crippen LogP contribution in [0.25, 0.3) is 10.8 Å². The Morgan fingerprint density at radius 2 is 1.68 bits per heavy atom. The van der Waals surface area contributed by atoms with Crippen molar-refractivity contribution in [3.8, 4) is 5.75 Å². The first-order chi connectivity index (χ1) is 10.5. The number of rotatable bonds is 7. The molecule has 0 aliphatic heterocycles. The van der Waals surface area contributed by atoms with Crippen LogP contribution in [0.15, 0.2) is 36.4 Å². The van der Waals surface area contributed by atoms with Crippen LogP contribution in [0.5, 0.6) is 5.75 Å². The van der Waals surface area contributed by atoms with Gasteiger partial charge in [0.1, 0.15) is 5.75 Å².